The number of halogens is 2. The summed E-state index contributed by atoms with van der Waals surface area (Å²) in [5.74, 6) is 0.635. The molecule has 0 aromatic heterocycles. The van der Waals surface area contributed by atoms with Crippen molar-refractivity contribution in [3.8, 4) is 0 Å². The fourth-order valence-corrected chi connectivity index (χ4v) is 2.19. The molecule has 0 bridgehead atoms. The average molecular weight is 352 g/mol. The van der Waals surface area contributed by atoms with Gasteiger partial charge in [-0.3, -0.25) is 4.79 Å². The molecule has 1 aromatic carbocycles. The zero-order valence-corrected chi connectivity index (χ0v) is 12.1. The largest absolute Gasteiger partial charge is 0.350 e. The molecule has 0 aliphatic carbocycles. The highest BCUT2D eigenvalue weighted by atomic mass is 127. The molecule has 0 saturated carbocycles. The summed E-state index contributed by atoms with van der Waals surface area (Å²) < 4.78 is 0.974. The van der Waals surface area contributed by atoms with Crippen molar-refractivity contribution >= 4 is 40.1 Å². The van der Waals surface area contributed by atoms with Crippen LogP contribution in [0.1, 0.15) is 30.1 Å². The third-order valence-electron chi connectivity index (χ3n) is 2.27. The van der Waals surface area contributed by atoms with Crippen LogP contribution >= 0.6 is 34.2 Å². The van der Waals surface area contributed by atoms with Crippen molar-refractivity contribution in [1.29, 1.82) is 0 Å². The Morgan fingerprint density at radius 1 is 1.50 bits per heavy atom. The smallest absolute Gasteiger partial charge is 0.252 e. The highest BCUT2D eigenvalue weighted by Crippen LogP contribution is 2.11. The Hall–Kier alpha value is -0.290. The first-order valence-corrected chi connectivity index (χ1v) is 6.88. The van der Waals surface area contributed by atoms with E-state index in [9.17, 15) is 4.79 Å². The van der Waals surface area contributed by atoms with Crippen molar-refractivity contribution in [3.63, 3.8) is 0 Å². The summed E-state index contributed by atoms with van der Waals surface area (Å²) in [6.45, 7) is 2.00. The van der Waals surface area contributed by atoms with Gasteiger partial charge in [0.25, 0.3) is 5.91 Å². The molecule has 1 aromatic rings. The normalized spacial score (nSPS) is 12.2. The van der Waals surface area contributed by atoms with Crippen molar-refractivity contribution in [3.05, 3.63) is 33.4 Å². The van der Waals surface area contributed by atoms with Crippen LogP contribution in [0.4, 0.5) is 0 Å². The van der Waals surface area contributed by atoms with Gasteiger partial charge < -0.3 is 5.32 Å². The van der Waals surface area contributed by atoms with Crippen LogP contribution in [0.5, 0.6) is 0 Å². The maximum absolute atomic E-state index is 11.9. The van der Waals surface area contributed by atoms with E-state index in [1.165, 1.54) is 0 Å². The molecule has 1 N–H and O–H groups in total. The molecule has 4 heteroatoms. The van der Waals surface area contributed by atoms with Crippen molar-refractivity contribution < 1.29 is 4.79 Å². The topological polar surface area (TPSA) is 29.1 Å². The highest BCUT2D eigenvalue weighted by Gasteiger charge is 2.11. The number of carbonyl (C=O) groups is 1. The van der Waals surface area contributed by atoms with Crippen LogP contribution in [0.25, 0.3) is 0 Å². The lowest BCUT2D eigenvalue weighted by atomic mass is 10.1. The van der Waals surface area contributed by atoms with Crippen molar-refractivity contribution in [2.24, 2.45) is 0 Å². The summed E-state index contributed by atoms with van der Waals surface area (Å²) in [6, 6.07) is 7.74. The van der Waals surface area contributed by atoms with Crippen LogP contribution in [0.15, 0.2) is 24.3 Å². The van der Waals surface area contributed by atoms with Crippen molar-refractivity contribution in [2.45, 2.75) is 25.8 Å². The van der Waals surface area contributed by atoms with Crippen LogP contribution in [-0.2, 0) is 0 Å². The van der Waals surface area contributed by atoms with Gasteiger partial charge >= 0.3 is 0 Å². The van der Waals surface area contributed by atoms with E-state index >= 15 is 0 Å². The number of hydrogen-bond acceptors (Lipinski definition) is 1. The van der Waals surface area contributed by atoms with Gasteiger partial charge in [0.2, 0.25) is 0 Å². The lowest BCUT2D eigenvalue weighted by Gasteiger charge is -2.13. The molecule has 0 spiro atoms. The summed E-state index contributed by atoms with van der Waals surface area (Å²) in [7, 11) is 0. The van der Waals surface area contributed by atoms with Gasteiger partial charge in [0.1, 0.15) is 0 Å². The Kier molecular flexibility index (Phi) is 6.13. The average Bonchev–Trinajstić information content (AvgIpc) is 2.26. The van der Waals surface area contributed by atoms with E-state index in [0.717, 1.165) is 22.0 Å². The first kappa shape index (κ1) is 13.8. The first-order chi connectivity index (χ1) is 7.65. The first-order valence-electron chi connectivity index (χ1n) is 5.26. The quantitative estimate of drug-likeness (QED) is 0.639. The molecule has 1 amide bonds. The molecule has 0 aliphatic rings. The van der Waals surface area contributed by atoms with E-state index in [0.29, 0.717) is 5.88 Å². The van der Waals surface area contributed by atoms with E-state index in [-0.39, 0.29) is 11.9 Å². The maximum atomic E-state index is 11.9. The number of alkyl halides is 1. The summed E-state index contributed by atoms with van der Waals surface area (Å²) in [6.07, 6.45) is 1.84. The molecule has 2 nitrogen and oxygen atoms in total. The molecular formula is C12H15ClINO. The van der Waals surface area contributed by atoms with Crippen LogP contribution < -0.4 is 5.32 Å². The van der Waals surface area contributed by atoms with Crippen molar-refractivity contribution in [1.82, 2.24) is 5.32 Å². The number of hydrogen-bond donors (Lipinski definition) is 1. The van der Waals surface area contributed by atoms with Gasteiger partial charge in [-0.15, -0.1) is 11.6 Å². The minimum absolute atomic E-state index is 0.00734. The Labute approximate surface area is 115 Å². The number of rotatable bonds is 5. The van der Waals surface area contributed by atoms with Gasteiger partial charge in [-0.2, -0.15) is 0 Å². The summed E-state index contributed by atoms with van der Waals surface area (Å²) >= 11 is 7.78. The number of benzene rings is 1. The van der Waals surface area contributed by atoms with Gasteiger partial charge in [-0.1, -0.05) is 12.1 Å². The number of nitrogens with one attached hydrogen (secondary N) is 1. The molecule has 1 rings (SSSR count). The predicted octanol–water partition coefficient (Wildman–Crippen LogP) is 3.43. The van der Waals surface area contributed by atoms with Gasteiger partial charge in [-0.25, -0.2) is 0 Å². The van der Waals surface area contributed by atoms with E-state index in [4.69, 9.17) is 11.6 Å². The third-order valence-corrected chi connectivity index (χ3v) is 3.47. The van der Waals surface area contributed by atoms with Gasteiger partial charge in [0.15, 0.2) is 0 Å². The molecule has 0 saturated heterocycles. The van der Waals surface area contributed by atoms with Crippen molar-refractivity contribution in [2.75, 3.05) is 5.88 Å². The van der Waals surface area contributed by atoms with E-state index in [1.807, 2.05) is 31.2 Å². The molecule has 0 fully saturated rings. The predicted molar refractivity (Wildman–Crippen MR) is 76.0 cm³/mol. The van der Waals surface area contributed by atoms with Gasteiger partial charge in [0.05, 0.1) is 5.56 Å². The molecule has 1 unspecified atom stereocenters. The Bertz CT molecular complexity index is 357. The zero-order chi connectivity index (χ0) is 12.0. The van der Waals surface area contributed by atoms with Crippen LogP contribution in [0.3, 0.4) is 0 Å². The third kappa shape index (κ3) is 4.29. The second kappa shape index (κ2) is 7.12. The Morgan fingerprint density at radius 3 is 2.81 bits per heavy atom. The second-order valence-corrected chi connectivity index (χ2v) is 5.23. The maximum Gasteiger partial charge on any atom is 0.252 e. The second-order valence-electron chi connectivity index (χ2n) is 3.69. The number of carbonyl (C=O) groups excluding carboxylic acids is 1. The lowest BCUT2D eigenvalue weighted by molar-refractivity contribution is 0.0937. The Balaban J connectivity index is 2.56. The van der Waals surface area contributed by atoms with Crippen LogP contribution in [-0.4, -0.2) is 17.8 Å². The summed E-state index contributed by atoms with van der Waals surface area (Å²) in [4.78, 5) is 11.9. The van der Waals surface area contributed by atoms with Crippen LogP contribution in [0.2, 0.25) is 0 Å². The Morgan fingerprint density at radius 2 is 2.19 bits per heavy atom. The van der Waals surface area contributed by atoms with E-state index < -0.39 is 0 Å². The standard InChI is InChI=1S/C12H15ClINO/c1-9(5-4-8-13)15-12(16)10-6-2-3-7-11(10)14/h2-3,6-7,9H,4-5,8H2,1H3,(H,15,16). The molecule has 88 valence electrons. The van der Waals surface area contributed by atoms with Gasteiger partial charge in [0, 0.05) is 15.5 Å². The lowest BCUT2D eigenvalue weighted by Crippen LogP contribution is -2.33. The molecule has 0 aliphatic heterocycles. The van der Waals surface area contributed by atoms with Gasteiger partial charge in [-0.05, 0) is 54.5 Å². The molecule has 16 heavy (non-hydrogen) atoms. The zero-order valence-electron chi connectivity index (χ0n) is 9.17. The minimum atomic E-state index is -0.00734. The minimum Gasteiger partial charge on any atom is -0.350 e. The SMILES string of the molecule is CC(CCCCl)NC(=O)c1ccccc1I. The fraction of sp³-hybridized carbons (Fsp3) is 0.417. The van der Waals surface area contributed by atoms with E-state index in [2.05, 4.69) is 27.9 Å². The molecular weight excluding hydrogens is 336 g/mol. The molecule has 0 radical (unpaired) electrons. The molecule has 1 atom stereocenters. The monoisotopic (exact) mass is 351 g/mol. The molecule has 0 heterocycles. The fourth-order valence-electron chi connectivity index (χ4n) is 1.40. The summed E-state index contributed by atoms with van der Waals surface area (Å²) in [5.41, 5.74) is 0.737. The highest BCUT2D eigenvalue weighted by molar-refractivity contribution is 14.1. The van der Waals surface area contributed by atoms with Crippen LogP contribution in [0, 0.1) is 3.57 Å². The summed E-state index contributed by atoms with van der Waals surface area (Å²) in [5, 5.41) is 2.97. The number of amides is 1. The van der Waals surface area contributed by atoms with E-state index in [1.54, 1.807) is 0 Å².